The van der Waals surface area contributed by atoms with Crippen LogP contribution in [0.1, 0.15) is 33.4 Å². The van der Waals surface area contributed by atoms with E-state index in [1.54, 1.807) is 0 Å². The lowest BCUT2D eigenvalue weighted by molar-refractivity contribution is -0.348. The minimum Gasteiger partial charge on any atom is -0.368 e. The van der Waals surface area contributed by atoms with Gasteiger partial charge >= 0.3 is 0 Å². The first-order valence-corrected chi connectivity index (χ1v) is 23.2. The van der Waals surface area contributed by atoms with Gasteiger partial charge in [-0.05, 0) is 33.4 Å². The van der Waals surface area contributed by atoms with Crippen LogP contribution in [0.4, 0.5) is 0 Å². The summed E-state index contributed by atoms with van der Waals surface area (Å²) >= 11 is 0. The van der Waals surface area contributed by atoms with Crippen molar-refractivity contribution < 1.29 is 52.5 Å². The molecule has 0 saturated carbocycles. The largest absolute Gasteiger partial charge is 0.368 e. The molecule has 68 heavy (non-hydrogen) atoms. The SMILES string of the molecule is C#CCOC[C@H]1OC(OC[C@H]2OC(O)[C@H](OCc3ccccc3)[C@@H](OCc3ccccc3)[C@H]2OCc2ccccc2)[C@H](OCc2ccccc2)[C@@H](OCc2ccccc2)[C@H]1OCc1ccccc1. The summed E-state index contributed by atoms with van der Waals surface area (Å²) in [5.74, 6) is 2.56. The zero-order valence-electron chi connectivity index (χ0n) is 38.1. The summed E-state index contributed by atoms with van der Waals surface area (Å²) in [7, 11) is 0. The molecule has 2 fully saturated rings. The lowest BCUT2D eigenvalue weighted by Gasteiger charge is -2.47. The van der Waals surface area contributed by atoms with Crippen LogP contribution in [0.25, 0.3) is 0 Å². The van der Waals surface area contributed by atoms with Crippen LogP contribution in [0.5, 0.6) is 0 Å². The molecule has 8 rings (SSSR count). The molecular weight excluding hydrogens is 861 g/mol. The van der Waals surface area contributed by atoms with Gasteiger partial charge in [0.05, 0.1) is 52.9 Å². The van der Waals surface area contributed by atoms with Crippen molar-refractivity contribution in [3.8, 4) is 12.3 Å². The van der Waals surface area contributed by atoms with Crippen LogP contribution in [0.2, 0.25) is 0 Å². The molecule has 2 aliphatic rings. The van der Waals surface area contributed by atoms with E-state index in [0.717, 1.165) is 33.4 Å². The van der Waals surface area contributed by atoms with Crippen LogP contribution in [0, 0.1) is 12.3 Å². The third-order valence-electron chi connectivity index (χ3n) is 11.8. The predicted molar refractivity (Wildman–Crippen MR) is 255 cm³/mol. The van der Waals surface area contributed by atoms with Gasteiger partial charge in [-0.1, -0.05) is 188 Å². The molecule has 1 N–H and O–H groups in total. The van der Waals surface area contributed by atoms with E-state index in [2.05, 4.69) is 5.92 Å². The molecule has 0 amide bonds. The maximum absolute atomic E-state index is 11.9. The topological polar surface area (TPSA) is 113 Å². The van der Waals surface area contributed by atoms with Crippen molar-refractivity contribution in [1.82, 2.24) is 0 Å². The Kier molecular flexibility index (Phi) is 18.9. The summed E-state index contributed by atoms with van der Waals surface area (Å²) in [5, 5.41) is 11.9. The molecule has 11 heteroatoms. The molecule has 0 aromatic heterocycles. The standard InChI is InChI=1S/C57H60O11/c1-2-33-59-40-48-50(60-34-42-21-9-3-10-22-42)53(63-37-45-27-15-6-16-28-45)55(65-39-47-31-19-8-20-32-47)57(68-48)66-41-49-51(61-35-43-23-11-4-12-24-43)52(62-36-44-25-13-5-14-26-44)54(56(58)67-49)64-38-46-29-17-7-18-30-46/h1,3-32,48-58H,33-41H2/t48-,49-,50+,51+,52+,53+,54-,55-,56?,57?/m1/s1. The number of aliphatic hydroxyl groups excluding tert-OH is 1. The third kappa shape index (κ3) is 14.2. The molecule has 0 aliphatic carbocycles. The highest BCUT2D eigenvalue weighted by Gasteiger charge is 2.52. The van der Waals surface area contributed by atoms with Gasteiger partial charge in [-0.15, -0.1) is 6.42 Å². The summed E-state index contributed by atoms with van der Waals surface area (Å²) in [6, 6.07) is 59.2. The molecule has 10 atom stereocenters. The zero-order chi connectivity index (χ0) is 46.6. The Morgan fingerprint density at radius 3 is 1.04 bits per heavy atom. The van der Waals surface area contributed by atoms with E-state index in [0.29, 0.717) is 0 Å². The van der Waals surface area contributed by atoms with E-state index < -0.39 is 61.4 Å². The number of hydrogen-bond donors (Lipinski definition) is 1. The van der Waals surface area contributed by atoms with Crippen LogP contribution in [-0.2, 0) is 87.0 Å². The molecule has 0 radical (unpaired) electrons. The van der Waals surface area contributed by atoms with Crippen molar-refractivity contribution in [2.45, 2.75) is 101 Å². The minimum absolute atomic E-state index is 0.0619. The normalized spacial score (nSPS) is 24.8. The lowest BCUT2D eigenvalue weighted by atomic mass is 9.97. The minimum atomic E-state index is -1.41. The van der Waals surface area contributed by atoms with Gasteiger partial charge in [-0.2, -0.15) is 0 Å². The van der Waals surface area contributed by atoms with Crippen LogP contribution >= 0.6 is 0 Å². The fourth-order valence-electron chi connectivity index (χ4n) is 8.34. The second-order valence-corrected chi connectivity index (χ2v) is 16.7. The van der Waals surface area contributed by atoms with E-state index in [4.69, 9.17) is 53.8 Å². The van der Waals surface area contributed by atoms with Crippen LogP contribution in [0.3, 0.4) is 0 Å². The van der Waals surface area contributed by atoms with Gasteiger partial charge in [0, 0.05) is 0 Å². The maximum Gasteiger partial charge on any atom is 0.187 e. The van der Waals surface area contributed by atoms with Crippen molar-refractivity contribution in [3.63, 3.8) is 0 Å². The number of benzene rings is 6. The van der Waals surface area contributed by atoms with E-state index in [9.17, 15) is 5.11 Å². The molecule has 2 heterocycles. The van der Waals surface area contributed by atoms with Crippen LogP contribution < -0.4 is 0 Å². The van der Waals surface area contributed by atoms with Crippen LogP contribution in [0.15, 0.2) is 182 Å². The Labute approximate surface area is 399 Å². The Bertz CT molecular complexity index is 2340. The van der Waals surface area contributed by atoms with Crippen molar-refractivity contribution in [3.05, 3.63) is 215 Å². The smallest absolute Gasteiger partial charge is 0.187 e. The van der Waals surface area contributed by atoms with Crippen molar-refractivity contribution in [1.29, 1.82) is 0 Å². The quantitative estimate of drug-likeness (QED) is 0.0466. The van der Waals surface area contributed by atoms with E-state index >= 15 is 0 Å². The molecule has 2 aliphatic heterocycles. The molecule has 0 bridgehead atoms. The second kappa shape index (κ2) is 26.3. The first kappa shape index (κ1) is 48.9. The number of aliphatic hydroxyl groups is 1. The molecule has 6 aromatic rings. The van der Waals surface area contributed by atoms with Crippen LogP contribution in [-0.4, -0.2) is 86.3 Å². The Morgan fingerprint density at radius 2 is 0.676 bits per heavy atom. The highest BCUT2D eigenvalue weighted by molar-refractivity contribution is 5.18. The fourth-order valence-corrected chi connectivity index (χ4v) is 8.34. The Hall–Kier alpha value is -5.56. The van der Waals surface area contributed by atoms with E-state index in [1.807, 2.05) is 182 Å². The van der Waals surface area contributed by atoms with Crippen molar-refractivity contribution >= 4 is 0 Å². The summed E-state index contributed by atoms with van der Waals surface area (Å²) in [6.07, 6.45) is -3.20. The average Bonchev–Trinajstić information content (AvgIpc) is 3.39. The summed E-state index contributed by atoms with van der Waals surface area (Å²) < 4.78 is 66.7. The summed E-state index contributed by atoms with van der Waals surface area (Å²) in [5.41, 5.74) is 5.71. The first-order chi connectivity index (χ1) is 33.6. The molecular formula is C57H60O11. The molecule has 6 aromatic carbocycles. The molecule has 0 spiro atoms. The average molecular weight is 921 g/mol. The number of ether oxygens (including phenoxy) is 10. The fraction of sp³-hybridized carbons (Fsp3) is 0.333. The lowest BCUT2D eigenvalue weighted by Crippen LogP contribution is -2.63. The first-order valence-electron chi connectivity index (χ1n) is 23.2. The monoisotopic (exact) mass is 920 g/mol. The van der Waals surface area contributed by atoms with Gasteiger partial charge in [0.1, 0.15) is 55.4 Å². The number of terminal acetylenes is 1. The number of hydrogen-bond acceptors (Lipinski definition) is 11. The zero-order valence-corrected chi connectivity index (χ0v) is 38.1. The van der Waals surface area contributed by atoms with Gasteiger partial charge < -0.3 is 52.5 Å². The Morgan fingerprint density at radius 1 is 0.368 bits per heavy atom. The van der Waals surface area contributed by atoms with Gasteiger partial charge in [0.15, 0.2) is 12.6 Å². The van der Waals surface area contributed by atoms with Gasteiger partial charge in [0.25, 0.3) is 0 Å². The van der Waals surface area contributed by atoms with Crippen molar-refractivity contribution in [2.24, 2.45) is 0 Å². The Balaban J connectivity index is 1.11. The summed E-state index contributed by atoms with van der Waals surface area (Å²) in [4.78, 5) is 0. The highest BCUT2D eigenvalue weighted by Crippen LogP contribution is 2.34. The van der Waals surface area contributed by atoms with E-state index in [-0.39, 0.29) is 59.5 Å². The highest BCUT2D eigenvalue weighted by atomic mass is 16.7. The second-order valence-electron chi connectivity index (χ2n) is 16.7. The van der Waals surface area contributed by atoms with Gasteiger partial charge in [-0.3, -0.25) is 0 Å². The van der Waals surface area contributed by atoms with Crippen molar-refractivity contribution in [2.75, 3.05) is 19.8 Å². The predicted octanol–water partition coefficient (Wildman–Crippen LogP) is 8.61. The molecule has 2 unspecified atom stereocenters. The van der Waals surface area contributed by atoms with Gasteiger partial charge in [0.2, 0.25) is 0 Å². The van der Waals surface area contributed by atoms with E-state index in [1.165, 1.54) is 0 Å². The third-order valence-corrected chi connectivity index (χ3v) is 11.8. The maximum atomic E-state index is 11.9. The molecule has 11 nitrogen and oxygen atoms in total. The summed E-state index contributed by atoms with van der Waals surface area (Å²) in [6.45, 7) is 1.45. The molecule has 354 valence electrons. The van der Waals surface area contributed by atoms with Gasteiger partial charge in [-0.25, -0.2) is 0 Å². The molecule has 2 saturated heterocycles. The number of rotatable bonds is 24.